The fourth-order valence-corrected chi connectivity index (χ4v) is 7.01. The summed E-state index contributed by atoms with van der Waals surface area (Å²) in [5.41, 5.74) is -0.343. The summed E-state index contributed by atoms with van der Waals surface area (Å²) in [7, 11) is 0. The lowest BCUT2D eigenvalue weighted by Crippen LogP contribution is -2.62. The predicted octanol–water partition coefficient (Wildman–Crippen LogP) is 4.46. The Labute approximate surface area is 325 Å². The van der Waals surface area contributed by atoms with Crippen LogP contribution in [-0.2, 0) is 49.6 Å². The van der Waals surface area contributed by atoms with Crippen LogP contribution in [0, 0.1) is 17.8 Å². The minimum atomic E-state index is -1.96. The summed E-state index contributed by atoms with van der Waals surface area (Å²) in [4.78, 5) is 92.0. The molecule has 0 bridgehead atoms. The second kappa shape index (κ2) is 15.9. The zero-order chi connectivity index (χ0) is 41.3. The van der Waals surface area contributed by atoms with Gasteiger partial charge in [0.1, 0.15) is 29.9 Å². The van der Waals surface area contributed by atoms with E-state index in [4.69, 9.17) is 24.0 Å². The number of cyclic esters (lactones) is 1. The minimum Gasteiger partial charge on any atom is -0.481 e. The number of oxime groups is 1. The number of pyridine rings is 1. The molecule has 16 heteroatoms. The van der Waals surface area contributed by atoms with Crippen LogP contribution in [0.3, 0.4) is 0 Å². The Kier molecular flexibility index (Phi) is 11.8. The van der Waals surface area contributed by atoms with E-state index in [0.29, 0.717) is 16.9 Å². The lowest BCUT2D eigenvalue weighted by Gasteiger charge is -2.46. The molecule has 0 spiro atoms. The molecule has 3 aliphatic rings. The number of fused-ring (bicyclic) bond motifs is 5. The molecule has 1 fully saturated rings. The maximum absolute atomic E-state index is 14.3. The molecule has 5 rings (SSSR count). The molecule has 56 heavy (non-hydrogen) atoms. The number of amides is 3. The number of aliphatic carboxylic acids is 1. The first-order valence-electron chi connectivity index (χ1n) is 18.7. The van der Waals surface area contributed by atoms with Gasteiger partial charge in [0.25, 0.3) is 0 Å². The fraction of sp³-hybridized carbons (Fsp3) is 0.550. The fourth-order valence-electron chi connectivity index (χ4n) is 7.01. The van der Waals surface area contributed by atoms with Crippen LogP contribution in [0.25, 0.3) is 16.6 Å². The van der Waals surface area contributed by atoms with Crippen LogP contribution < -0.4 is 10.6 Å². The second-order valence-corrected chi connectivity index (χ2v) is 16.5. The van der Waals surface area contributed by atoms with E-state index < -0.39 is 83.0 Å². The van der Waals surface area contributed by atoms with E-state index in [2.05, 4.69) is 15.8 Å². The van der Waals surface area contributed by atoms with Gasteiger partial charge in [-0.15, -0.1) is 0 Å². The van der Waals surface area contributed by atoms with Crippen LogP contribution in [-0.4, -0.2) is 92.5 Å². The largest absolute Gasteiger partial charge is 0.481 e. The molecule has 3 N–H and O–H groups in total. The molecule has 0 saturated carbocycles. The first kappa shape index (κ1) is 41.6. The Morgan fingerprint density at radius 1 is 1.09 bits per heavy atom. The minimum absolute atomic E-state index is 0.0734. The highest BCUT2D eigenvalue weighted by molar-refractivity contribution is 6.04. The third kappa shape index (κ3) is 8.79. The number of hydrogen-bond acceptors (Lipinski definition) is 12. The molecule has 5 atom stereocenters. The Morgan fingerprint density at radius 2 is 1.79 bits per heavy atom. The number of aromatic nitrogens is 1. The molecule has 1 aromatic carbocycles. The van der Waals surface area contributed by atoms with Gasteiger partial charge in [-0.2, -0.15) is 0 Å². The van der Waals surface area contributed by atoms with Gasteiger partial charge in [-0.1, -0.05) is 44.1 Å². The van der Waals surface area contributed by atoms with Gasteiger partial charge < -0.3 is 39.7 Å². The number of rotatable bonds is 12. The van der Waals surface area contributed by atoms with Gasteiger partial charge in [0.15, 0.2) is 0 Å². The van der Waals surface area contributed by atoms with Crippen molar-refractivity contribution in [3.8, 4) is 0 Å². The molecule has 1 saturated heterocycles. The van der Waals surface area contributed by atoms with Crippen LogP contribution >= 0.6 is 0 Å². The number of esters is 2. The molecule has 2 aromatic rings. The second-order valence-electron chi connectivity index (χ2n) is 16.5. The molecule has 3 aliphatic heterocycles. The zero-order valence-electron chi connectivity index (χ0n) is 33.3. The van der Waals surface area contributed by atoms with E-state index in [-0.39, 0.29) is 31.9 Å². The van der Waals surface area contributed by atoms with E-state index in [1.54, 1.807) is 58.7 Å². The number of benzene rings is 1. The maximum Gasteiger partial charge on any atom is 0.408 e. The van der Waals surface area contributed by atoms with Crippen molar-refractivity contribution in [1.82, 2.24) is 20.5 Å². The average molecular weight is 778 g/mol. The van der Waals surface area contributed by atoms with Crippen molar-refractivity contribution in [3.63, 3.8) is 0 Å². The van der Waals surface area contributed by atoms with Crippen LogP contribution in [0.2, 0.25) is 0 Å². The molecule has 4 heterocycles. The third-order valence-electron chi connectivity index (χ3n) is 9.71. The number of alkyl carbamates (subject to hydrolysis) is 1. The summed E-state index contributed by atoms with van der Waals surface area (Å²) in [5.74, 6) is -6.69. The number of hydrogen-bond donors (Lipinski definition) is 3. The maximum atomic E-state index is 14.3. The highest BCUT2D eigenvalue weighted by Crippen LogP contribution is 2.48. The van der Waals surface area contributed by atoms with Crippen molar-refractivity contribution in [3.05, 3.63) is 47.2 Å². The van der Waals surface area contributed by atoms with Gasteiger partial charge in [0.05, 0.1) is 35.6 Å². The van der Waals surface area contributed by atoms with Gasteiger partial charge in [0.2, 0.25) is 17.4 Å². The molecule has 302 valence electrons. The highest BCUT2D eigenvalue weighted by atomic mass is 16.6. The van der Waals surface area contributed by atoms with Crippen molar-refractivity contribution in [2.75, 3.05) is 6.61 Å². The molecule has 3 unspecified atom stereocenters. The van der Waals surface area contributed by atoms with E-state index in [0.717, 1.165) is 16.5 Å². The number of carboxylic acid groups (broad SMARTS) is 1. The van der Waals surface area contributed by atoms with E-state index in [9.17, 15) is 33.9 Å². The topological polar surface area (TPSA) is 212 Å². The smallest absolute Gasteiger partial charge is 0.408 e. The molecular formula is C40H51N5O11. The Bertz CT molecular complexity index is 1980. The number of carbonyl (C=O) groups is 6. The van der Waals surface area contributed by atoms with Crippen molar-refractivity contribution in [2.24, 2.45) is 22.9 Å². The van der Waals surface area contributed by atoms with Gasteiger partial charge in [-0.05, 0) is 72.4 Å². The Balaban J connectivity index is 1.49. The Morgan fingerprint density at radius 3 is 2.41 bits per heavy atom. The lowest BCUT2D eigenvalue weighted by atomic mass is 9.72. The predicted molar refractivity (Wildman–Crippen MR) is 203 cm³/mol. The number of nitrogens with zero attached hydrogens (tertiary/aromatic N) is 3. The van der Waals surface area contributed by atoms with Crippen molar-refractivity contribution < 1.29 is 52.9 Å². The summed E-state index contributed by atoms with van der Waals surface area (Å²) < 4.78 is 16.9. The molecule has 0 radical (unpaired) electrons. The van der Waals surface area contributed by atoms with Crippen molar-refractivity contribution in [1.29, 1.82) is 0 Å². The summed E-state index contributed by atoms with van der Waals surface area (Å²) in [6.07, 6.45) is 1.57. The number of nitrogens with one attached hydrogen (secondary N) is 2. The standard InChI is InChI=1S/C40H51N5O11/c1-10-40(54-35(50)31(21(2)3)44-33(48)28(15-16-30(46)47)43-37(52)55-38(4,5)6)26-17-29-32-24(19-45(29)34(49)25(26)20-53-36(40)51)23(18-41-56-39(7,8)9)22-13-11-12-14-27(22)42-32/h11-14,17-18,21,25-26,28,31H,10,15-16,19-20H2,1-9H3,(H,43,52)(H,44,48)(H,46,47)/b41-18-/t25?,26?,28-,31?,40-/m0/s1. The van der Waals surface area contributed by atoms with Gasteiger partial charge >= 0.3 is 24.0 Å². The van der Waals surface area contributed by atoms with Gasteiger partial charge in [0, 0.05) is 28.9 Å². The lowest BCUT2D eigenvalue weighted by molar-refractivity contribution is -0.206. The van der Waals surface area contributed by atoms with Crippen LogP contribution in [0.5, 0.6) is 0 Å². The molecule has 1 aromatic heterocycles. The van der Waals surface area contributed by atoms with E-state index in [1.165, 1.54) is 0 Å². The number of ether oxygens (including phenoxy) is 3. The quantitative estimate of drug-likeness (QED) is 0.118. The van der Waals surface area contributed by atoms with Crippen molar-refractivity contribution >= 4 is 58.6 Å². The molecule has 16 nitrogen and oxygen atoms in total. The zero-order valence-corrected chi connectivity index (χ0v) is 33.3. The normalized spacial score (nSPS) is 21.7. The van der Waals surface area contributed by atoms with E-state index >= 15 is 0 Å². The first-order chi connectivity index (χ1) is 26.2. The van der Waals surface area contributed by atoms with Crippen LogP contribution in [0.15, 0.2) is 35.5 Å². The summed E-state index contributed by atoms with van der Waals surface area (Å²) in [5, 5.41) is 19.3. The monoisotopic (exact) mass is 777 g/mol. The summed E-state index contributed by atoms with van der Waals surface area (Å²) >= 11 is 0. The van der Waals surface area contributed by atoms with E-state index in [1.807, 2.05) is 45.0 Å². The molecule has 3 amide bonds. The molecular weight excluding hydrogens is 726 g/mol. The number of carboxylic acids is 1. The summed E-state index contributed by atoms with van der Waals surface area (Å²) in [6.45, 7) is 15.4. The van der Waals surface area contributed by atoms with Gasteiger partial charge in [-0.25, -0.2) is 19.4 Å². The average Bonchev–Trinajstić information content (AvgIpc) is 3.47. The van der Waals surface area contributed by atoms with Crippen molar-refractivity contribution in [2.45, 2.75) is 117 Å². The molecule has 0 aliphatic carbocycles. The number of para-hydroxylation sites is 1. The highest BCUT2D eigenvalue weighted by Gasteiger charge is 2.60. The third-order valence-corrected chi connectivity index (χ3v) is 9.71. The van der Waals surface area contributed by atoms with Gasteiger partial charge in [-0.3, -0.25) is 14.4 Å². The van der Waals surface area contributed by atoms with Crippen LogP contribution in [0.1, 0.15) is 98.4 Å². The summed E-state index contributed by atoms with van der Waals surface area (Å²) in [6, 6.07) is 4.75. The first-order valence-corrected chi connectivity index (χ1v) is 18.7. The van der Waals surface area contributed by atoms with Crippen LogP contribution in [0.4, 0.5) is 4.79 Å². The Hall–Kier alpha value is -5.54. The SMILES string of the molecule is CC[C@@]1(OC(=O)C(NC(=O)[C@H](CCC(=O)O)NC(=O)OC(C)(C)C)C(C)C)C(=O)OCC2C(=O)N3Cc4c(nc5ccccc5c4/C=N\OC(C)(C)C)C3=CC21. The number of carbonyl (C=O) groups excluding carboxylic acids is 5.